The summed E-state index contributed by atoms with van der Waals surface area (Å²) in [5.74, 6) is -1.18. The van der Waals surface area contributed by atoms with Gasteiger partial charge in [0, 0.05) is 5.69 Å². The second-order valence-electron chi connectivity index (χ2n) is 5.78. The molecule has 0 radical (unpaired) electrons. The molecule has 2 rings (SSSR count). The Morgan fingerprint density at radius 1 is 1.18 bits per heavy atom. The molecule has 1 heterocycles. The molecule has 0 aliphatic heterocycles. The molecule has 1 atom stereocenters. The minimum Gasteiger partial charge on any atom is -0.481 e. The first-order valence-electron chi connectivity index (χ1n) is 6.99. The molecule has 4 nitrogen and oxygen atoms in total. The van der Waals surface area contributed by atoms with Crippen LogP contribution in [0.5, 0.6) is 0 Å². The van der Waals surface area contributed by atoms with Crippen molar-refractivity contribution in [1.29, 1.82) is 0 Å². The van der Waals surface area contributed by atoms with E-state index in [9.17, 15) is 14.7 Å². The first kappa shape index (κ1) is 16.2. The fraction of sp³-hybridized carbons (Fsp3) is 0.294. The van der Waals surface area contributed by atoms with Gasteiger partial charge in [-0.25, -0.2) is 0 Å². The number of carboxylic acid groups (broad SMARTS) is 1. The minimum absolute atomic E-state index is 0.0800. The lowest BCUT2D eigenvalue weighted by atomic mass is 9.85. The fourth-order valence-electron chi connectivity index (χ4n) is 2.02. The van der Waals surface area contributed by atoms with Crippen molar-refractivity contribution in [2.75, 3.05) is 5.32 Å². The number of thiophene rings is 1. The van der Waals surface area contributed by atoms with Gasteiger partial charge in [0.2, 0.25) is 5.91 Å². The molecule has 1 aromatic heterocycles. The van der Waals surface area contributed by atoms with E-state index in [1.165, 1.54) is 0 Å². The van der Waals surface area contributed by atoms with Crippen molar-refractivity contribution in [1.82, 2.24) is 0 Å². The molecule has 0 fully saturated rings. The van der Waals surface area contributed by atoms with Gasteiger partial charge in [-0.15, -0.1) is 0 Å². The number of hydrogen-bond donors (Lipinski definition) is 2. The smallest absolute Gasteiger partial charge is 0.313 e. The Morgan fingerprint density at radius 2 is 1.82 bits per heavy atom. The number of carboxylic acids is 1. The summed E-state index contributed by atoms with van der Waals surface area (Å²) in [6.45, 7) is 5.17. The normalized spacial score (nSPS) is 12.7. The highest BCUT2D eigenvalue weighted by atomic mass is 32.1. The van der Waals surface area contributed by atoms with Crippen molar-refractivity contribution in [3.63, 3.8) is 0 Å². The van der Waals surface area contributed by atoms with Crippen LogP contribution in [0.2, 0.25) is 0 Å². The van der Waals surface area contributed by atoms with E-state index < -0.39 is 11.4 Å². The zero-order chi connectivity index (χ0) is 16.3. The summed E-state index contributed by atoms with van der Waals surface area (Å²) in [5.41, 5.74) is 1.40. The van der Waals surface area contributed by atoms with Crippen LogP contribution in [0, 0.1) is 0 Å². The van der Waals surface area contributed by atoms with E-state index in [0.29, 0.717) is 11.3 Å². The van der Waals surface area contributed by atoms with Gasteiger partial charge >= 0.3 is 5.97 Å². The molecule has 0 spiro atoms. The fourth-order valence-corrected chi connectivity index (χ4v) is 2.77. The van der Waals surface area contributed by atoms with E-state index in [0.717, 1.165) is 5.56 Å². The number of anilines is 1. The van der Waals surface area contributed by atoms with E-state index in [1.807, 2.05) is 23.8 Å². The average molecular weight is 317 g/mol. The summed E-state index contributed by atoms with van der Waals surface area (Å²) in [6, 6.07) is 8.88. The van der Waals surface area contributed by atoms with Gasteiger partial charge in [0.1, 0.15) is 0 Å². The van der Waals surface area contributed by atoms with Crippen LogP contribution in [0.1, 0.15) is 37.8 Å². The molecule has 1 amide bonds. The average Bonchev–Trinajstić information content (AvgIpc) is 3.01. The maximum absolute atomic E-state index is 12.2. The van der Waals surface area contributed by atoms with Crippen molar-refractivity contribution in [3.8, 4) is 0 Å². The Morgan fingerprint density at radius 3 is 2.32 bits per heavy atom. The highest BCUT2D eigenvalue weighted by Crippen LogP contribution is 2.25. The molecule has 0 saturated carbocycles. The van der Waals surface area contributed by atoms with Crippen molar-refractivity contribution in [3.05, 3.63) is 52.2 Å². The molecule has 0 bridgehead atoms. The lowest BCUT2D eigenvalue weighted by molar-refractivity contribution is -0.142. The van der Waals surface area contributed by atoms with E-state index >= 15 is 0 Å². The molecular formula is C17H19NO3S. The molecule has 0 aliphatic carbocycles. The van der Waals surface area contributed by atoms with Crippen LogP contribution in [-0.4, -0.2) is 17.0 Å². The third-order valence-corrected chi connectivity index (χ3v) is 4.55. The molecule has 0 aliphatic rings. The SMILES string of the molecule is CC(C(=O)Nc1ccc(C(C)(C)C(=O)O)cc1)c1ccsc1. The summed E-state index contributed by atoms with van der Waals surface area (Å²) in [5, 5.41) is 16.0. The van der Waals surface area contributed by atoms with Gasteiger partial charge in [-0.05, 0) is 60.9 Å². The number of carbonyl (C=O) groups excluding carboxylic acids is 1. The third kappa shape index (κ3) is 3.36. The monoisotopic (exact) mass is 317 g/mol. The summed E-state index contributed by atoms with van der Waals surface area (Å²) in [7, 11) is 0. The van der Waals surface area contributed by atoms with E-state index in [-0.39, 0.29) is 11.8 Å². The molecule has 1 aromatic carbocycles. The number of amides is 1. The predicted octanol–water partition coefficient (Wildman–Crippen LogP) is 3.85. The van der Waals surface area contributed by atoms with Gasteiger partial charge in [0.25, 0.3) is 0 Å². The van der Waals surface area contributed by atoms with Crippen LogP contribution < -0.4 is 5.32 Å². The van der Waals surface area contributed by atoms with Crippen LogP contribution in [0.25, 0.3) is 0 Å². The van der Waals surface area contributed by atoms with Crippen LogP contribution in [-0.2, 0) is 15.0 Å². The second kappa shape index (κ2) is 6.32. The van der Waals surface area contributed by atoms with E-state index in [1.54, 1.807) is 49.4 Å². The van der Waals surface area contributed by atoms with Crippen molar-refractivity contribution < 1.29 is 14.7 Å². The van der Waals surface area contributed by atoms with Gasteiger partial charge in [0.05, 0.1) is 11.3 Å². The summed E-state index contributed by atoms with van der Waals surface area (Å²) >= 11 is 1.56. The molecular weight excluding hydrogens is 298 g/mol. The maximum Gasteiger partial charge on any atom is 0.313 e. The van der Waals surface area contributed by atoms with Crippen molar-refractivity contribution in [2.45, 2.75) is 32.1 Å². The maximum atomic E-state index is 12.2. The quantitative estimate of drug-likeness (QED) is 0.880. The van der Waals surface area contributed by atoms with Crippen LogP contribution in [0.15, 0.2) is 41.1 Å². The highest BCUT2D eigenvalue weighted by Gasteiger charge is 2.29. The molecule has 22 heavy (non-hydrogen) atoms. The van der Waals surface area contributed by atoms with E-state index in [4.69, 9.17) is 0 Å². The minimum atomic E-state index is -0.952. The molecule has 0 saturated heterocycles. The largest absolute Gasteiger partial charge is 0.481 e. The summed E-state index contributed by atoms with van der Waals surface area (Å²) in [6.07, 6.45) is 0. The van der Waals surface area contributed by atoms with Crippen molar-refractivity contribution in [2.24, 2.45) is 0 Å². The lowest BCUT2D eigenvalue weighted by Gasteiger charge is -2.20. The number of hydrogen-bond acceptors (Lipinski definition) is 3. The van der Waals surface area contributed by atoms with Gasteiger partial charge in [-0.1, -0.05) is 12.1 Å². The number of rotatable bonds is 5. The number of carbonyl (C=O) groups is 2. The molecule has 2 aromatic rings. The topological polar surface area (TPSA) is 66.4 Å². The zero-order valence-electron chi connectivity index (χ0n) is 12.8. The molecule has 5 heteroatoms. The highest BCUT2D eigenvalue weighted by molar-refractivity contribution is 7.08. The summed E-state index contributed by atoms with van der Waals surface area (Å²) in [4.78, 5) is 23.4. The van der Waals surface area contributed by atoms with Crippen LogP contribution in [0.4, 0.5) is 5.69 Å². The van der Waals surface area contributed by atoms with Crippen LogP contribution >= 0.6 is 11.3 Å². The number of aliphatic carboxylic acids is 1. The molecule has 116 valence electrons. The van der Waals surface area contributed by atoms with Crippen LogP contribution in [0.3, 0.4) is 0 Å². The first-order chi connectivity index (χ1) is 10.3. The third-order valence-electron chi connectivity index (χ3n) is 3.85. The van der Waals surface area contributed by atoms with Gasteiger partial charge in [-0.2, -0.15) is 11.3 Å². The van der Waals surface area contributed by atoms with Crippen molar-refractivity contribution >= 4 is 28.9 Å². The second-order valence-corrected chi connectivity index (χ2v) is 6.56. The van der Waals surface area contributed by atoms with Gasteiger partial charge < -0.3 is 10.4 Å². The molecule has 1 unspecified atom stereocenters. The Balaban J connectivity index is 2.09. The first-order valence-corrected chi connectivity index (χ1v) is 7.93. The Labute approximate surface area is 133 Å². The predicted molar refractivity (Wildman–Crippen MR) is 88.5 cm³/mol. The van der Waals surface area contributed by atoms with E-state index in [2.05, 4.69) is 5.32 Å². The van der Waals surface area contributed by atoms with Gasteiger partial charge in [-0.3, -0.25) is 9.59 Å². The Hall–Kier alpha value is -2.14. The molecule has 2 N–H and O–H groups in total. The zero-order valence-corrected chi connectivity index (χ0v) is 13.6. The Kier molecular flexibility index (Phi) is 4.66. The number of nitrogens with one attached hydrogen (secondary N) is 1. The van der Waals surface area contributed by atoms with Gasteiger partial charge in [0.15, 0.2) is 0 Å². The lowest BCUT2D eigenvalue weighted by Crippen LogP contribution is -2.28. The Bertz CT molecular complexity index is 660. The number of benzene rings is 1. The summed E-state index contributed by atoms with van der Waals surface area (Å²) < 4.78 is 0. The standard InChI is InChI=1S/C17H19NO3S/c1-11(12-8-9-22-10-12)15(19)18-14-6-4-13(5-7-14)17(2,3)16(20)21/h4-11H,1-3H3,(H,18,19)(H,20,21).